The number of amides is 2. The normalized spacial score (nSPS) is 19.7. The fraction of sp³-hybridized carbons (Fsp3) is 0.500. The number of urea groups is 1. The van der Waals surface area contributed by atoms with Crippen molar-refractivity contribution in [3.05, 3.63) is 47.5 Å². The molecule has 1 aliphatic heterocycles. The van der Waals surface area contributed by atoms with Crippen molar-refractivity contribution in [2.75, 3.05) is 26.3 Å². The van der Waals surface area contributed by atoms with Gasteiger partial charge in [-0.2, -0.15) is 0 Å². The van der Waals surface area contributed by atoms with Crippen LogP contribution in [0.3, 0.4) is 0 Å². The van der Waals surface area contributed by atoms with Crippen LogP contribution >= 0.6 is 0 Å². The molecular weight excluding hydrogens is 346 g/mol. The predicted octanol–water partition coefficient (Wildman–Crippen LogP) is 3.05. The quantitative estimate of drug-likeness (QED) is 0.844. The molecule has 144 valence electrons. The first-order valence-corrected chi connectivity index (χ1v) is 9.46. The average molecular weight is 371 g/mol. The number of pyridine rings is 1. The Labute approximate surface area is 158 Å². The highest BCUT2D eigenvalue weighted by atomic mass is 16.5. The standard InChI is InChI=1S/C20H25N3O4/c1-14-2-5-17(27-14)18-12-23(8-9-25-18)20(24)22-11-16-6-7-21-19(10-16)26-13-15-3-4-15/h2,5-7,10,15,18H,3-4,8-9,11-13H2,1H3,(H,22,24). The Morgan fingerprint density at radius 1 is 1.37 bits per heavy atom. The first-order valence-electron chi connectivity index (χ1n) is 9.46. The van der Waals surface area contributed by atoms with Gasteiger partial charge in [-0.3, -0.25) is 0 Å². The zero-order chi connectivity index (χ0) is 18.6. The van der Waals surface area contributed by atoms with Gasteiger partial charge in [-0.25, -0.2) is 9.78 Å². The first kappa shape index (κ1) is 17.9. The first-order chi connectivity index (χ1) is 13.2. The summed E-state index contributed by atoms with van der Waals surface area (Å²) in [5.41, 5.74) is 0.968. The minimum absolute atomic E-state index is 0.108. The molecule has 4 rings (SSSR count). The number of aryl methyl sites for hydroxylation is 1. The number of nitrogens with zero attached hydrogens (tertiary/aromatic N) is 2. The van der Waals surface area contributed by atoms with Crippen molar-refractivity contribution >= 4 is 6.03 Å². The fourth-order valence-corrected chi connectivity index (χ4v) is 3.05. The van der Waals surface area contributed by atoms with Gasteiger partial charge in [0.2, 0.25) is 5.88 Å². The summed E-state index contributed by atoms with van der Waals surface area (Å²) in [6.45, 7) is 4.59. The van der Waals surface area contributed by atoms with Crippen LogP contribution in [0, 0.1) is 12.8 Å². The van der Waals surface area contributed by atoms with Gasteiger partial charge < -0.3 is 24.1 Å². The number of morpholine rings is 1. The van der Waals surface area contributed by atoms with Crippen molar-refractivity contribution in [2.24, 2.45) is 5.92 Å². The van der Waals surface area contributed by atoms with Crippen LogP contribution in [0.4, 0.5) is 4.79 Å². The molecule has 1 saturated heterocycles. The third kappa shape index (κ3) is 4.80. The van der Waals surface area contributed by atoms with Gasteiger partial charge in [0.15, 0.2) is 0 Å². The SMILES string of the molecule is Cc1ccc(C2CN(C(=O)NCc3ccnc(OCC4CC4)c3)CCO2)o1. The molecule has 2 aromatic rings. The molecule has 0 bridgehead atoms. The van der Waals surface area contributed by atoms with E-state index in [1.54, 1.807) is 11.1 Å². The van der Waals surface area contributed by atoms with Gasteiger partial charge >= 0.3 is 6.03 Å². The lowest BCUT2D eigenvalue weighted by Gasteiger charge is -2.32. The minimum atomic E-state index is -0.221. The van der Waals surface area contributed by atoms with Gasteiger partial charge in [-0.15, -0.1) is 0 Å². The largest absolute Gasteiger partial charge is 0.477 e. The van der Waals surface area contributed by atoms with Gasteiger partial charge in [0.05, 0.1) is 19.8 Å². The topological polar surface area (TPSA) is 76.8 Å². The number of nitrogens with one attached hydrogen (secondary N) is 1. The highest BCUT2D eigenvalue weighted by Crippen LogP contribution is 2.29. The third-order valence-electron chi connectivity index (χ3n) is 4.84. The smallest absolute Gasteiger partial charge is 0.317 e. The molecule has 2 aliphatic rings. The molecule has 1 aliphatic carbocycles. The van der Waals surface area contributed by atoms with E-state index < -0.39 is 0 Å². The van der Waals surface area contributed by atoms with E-state index in [0.717, 1.165) is 23.7 Å². The maximum atomic E-state index is 12.5. The van der Waals surface area contributed by atoms with Gasteiger partial charge in [0.25, 0.3) is 0 Å². The van der Waals surface area contributed by atoms with Crippen LogP contribution in [0.15, 0.2) is 34.9 Å². The number of carbonyl (C=O) groups is 1. The van der Waals surface area contributed by atoms with Crippen LogP contribution in [0.25, 0.3) is 0 Å². The van der Waals surface area contributed by atoms with E-state index in [9.17, 15) is 4.79 Å². The Morgan fingerprint density at radius 2 is 2.26 bits per heavy atom. The average Bonchev–Trinajstić information content (AvgIpc) is 3.43. The van der Waals surface area contributed by atoms with E-state index in [-0.39, 0.29) is 12.1 Å². The molecular formula is C20H25N3O4. The van der Waals surface area contributed by atoms with Crippen molar-refractivity contribution in [1.29, 1.82) is 0 Å². The van der Waals surface area contributed by atoms with Crippen molar-refractivity contribution in [3.63, 3.8) is 0 Å². The number of carbonyl (C=O) groups excluding carboxylic acids is 1. The van der Waals surface area contributed by atoms with Crippen LogP contribution < -0.4 is 10.1 Å². The van der Waals surface area contributed by atoms with E-state index in [1.165, 1.54) is 12.8 Å². The highest BCUT2D eigenvalue weighted by Gasteiger charge is 2.27. The van der Waals surface area contributed by atoms with Crippen LogP contribution in [0.2, 0.25) is 0 Å². The second-order valence-corrected chi connectivity index (χ2v) is 7.17. The zero-order valence-electron chi connectivity index (χ0n) is 15.5. The fourth-order valence-electron chi connectivity index (χ4n) is 3.05. The lowest BCUT2D eigenvalue weighted by molar-refractivity contribution is -0.0263. The third-order valence-corrected chi connectivity index (χ3v) is 4.84. The van der Waals surface area contributed by atoms with Crippen molar-refractivity contribution in [1.82, 2.24) is 15.2 Å². The molecule has 0 spiro atoms. The number of hydrogen-bond donors (Lipinski definition) is 1. The van der Waals surface area contributed by atoms with E-state index in [4.69, 9.17) is 13.9 Å². The van der Waals surface area contributed by atoms with Crippen LogP contribution in [-0.2, 0) is 11.3 Å². The Hall–Kier alpha value is -2.54. The van der Waals surface area contributed by atoms with E-state index in [1.807, 2.05) is 31.2 Å². The maximum absolute atomic E-state index is 12.5. The number of ether oxygens (including phenoxy) is 2. The summed E-state index contributed by atoms with van der Waals surface area (Å²) in [5.74, 6) is 2.90. The summed E-state index contributed by atoms with van der Waals surface area (Å²) in [6.07, 6.45) is 3.98. The minimum Gasteiger partial charge on any atom is -0.477 e. The molecule has 2 fully saturated rings. The summed E-state index contributed by atoms with van der Waals surface area (Å²) in [6, 6.07) is 7.48. The van der Waals surface area contributed by atoms with Gasteiger partial charge in [0, 0.05) is 25.4 Å². The Bertz CT molecular complexity index is 787. The van der Waals surface area contributed by atoms with E-state index in [2.05, 4.69) is 10.3 Å². The molecule has 1 N–H and O–H groups in total. The zero-order valence-corrected chi connectivity index (χ0v) is 15.5. The molecule has 0 aromatic carbocycles. The lowest BCUT2D eigenvalue weighted by Crippen LogP contribution is -2.46. The van der Waals surface area contributed by atoms with Crippen LogP contribution in [-0.4, -0.2) is 42.2 Å². The molecule has 7 heteroatoms. The predicted molar refractivity (Wildman–Crippen MR) is 98.4 cm³/mol. The number of furan rings is 1. The Morgan fingerprint density at radius 3 is 3.04 bits per heavy atom. The molecule has 2 amide bonds. The number of aromatic nitrogens is 1. The second-order valence-electron chi connectivity index (χ2n) is 7.17. The summed E-state index contributed by atoms with van der Waals surface area (Å²) in [4.78, 5) is 18.5. The molecule has 3 heterocycles. The van der Waals surface area contributed by atoms with Gasteiger partial charge in [-0.05, 0) is 49.4 Å². The van der Waals surface area contributed by atoms with Crippen molar-refractivity contribution in [3.8, 4) is 5.88 Å². The molecule has 2 aromatic heterocycles. The summed E-state index contributed by atoms with van der Waals surface area (Å²) < 4.78 is 17.1. The van der Waals surface area contributed by atoms with Crippen LogP contribution in [0.5, 0.6) is 5.88 Å². The number of hydrogen-bond acceptors (Lipinski definition) is 5. The molecule has 1 unspecified atom stereocenters. The van der Waals surface area contributed by atoms with E-state index in [0.29, 0.717) is 38.0 Å². The summed E-state index contributed by atoms with van der Waals surface area (Å²) in [5, 5.41) is 2.97. The second kappa shape index (κ2) is 8.00. The van der Waals surface area contributed by atoms with Gasteiger partial charge in [0.1, 0.15) is 17.6 Å². The van der Waals surface area contributed by atoms with Crippen LogP contribution in [0.1, 0.15) is 36.0 Å². The molecule has 7 nitrogen and oxygen atoms in total. The molecule has 1 saturated carbocycles. The molecule has 1 atom stereocenters. The summed E-state index contributed by atoms with van der Waals surface area (Å²) >= 11 is 0. The van der Waals surface area contributed by atoms with Crippen molar-refractivity contribution in [2.45, 2.75) is 32.4 Å². The maximum Gasteiger partial charge on any atom is 0.317 e. The monoisotopic (exact) mass is 371 g/mol. The Kier molecular flexibility index (Phi) is 5.29. The van der Waals surface area contributed by atoms with Gasteiger partial charge in [-0.1, -0.05) is 0 Å². The van der Waals surface area contributed by atoms with E-state index >= 15 is 0 Å². The van der Waals surface area contributed by atoms with Crippen molar-refractivity contribution < 1.29 is 18.7 Å². The molecule has 0 radical (unpaired) electrons. The number of rotatable bonds is 6. The lowest BCUT2D eigenvalue weighted by atomic mass is 10.2. The summed E-state index contributed by atoms with van der Waals surface area (Å²) in [7, 11) is 0. The highest BCUT2D eigenvalue weighted by molar-refractivity contribution is 5.74. The molecule has 27 heavy (non-hydrogen) atoms. The Balaban J connectivity index is 1.29.